The van der Waals surface area contributed by atoms with Crippen molar-refractivity contribution in [3.8, 4) is 0 Å². The normalized spacial score (nSPS) is 15.0. The van der Waals surface area contributed by atoms with Crippen molar-refractivity contribution >= 4 is 44.8 Å². The highest BCUT2D eigenvalue weighted by Crippen LogP contribution is 2.43. The highest BCUT2D eigenvalue weighted by atomic mass is 35.5. The Hall–Kier alpha value is -2.66. The molecule has 0 aliphatic carbocycles. The number of rotatable bonds is 9. The van der Waals surface area contributed by atoms with Crippen molar-refractivity contribution in [2.24, 2.45) is 0 Å². The van der Waals surface area contributed by atoms with Crippen LogP contribution in [-0.4, -0.2) is 44.2 Å². The lowest BCUT2D eigenvalue weighted by atomic mass is 9.94. The van der Waals surface area contributed by atoms with E-state index in [0.29, 0.717) is 24.3 Å². The first-order chi connectivity index (χ1) is 19.3. The average Bonchev–Trinajstić information content (AvgIpc) is 2.77. The molecule has 2 unspecified atom stereocenters. The summed E-state index contributed by atoms with van der Waals surface area (Å²) in [6.45, 7) is 0.888. The first-order valence-electron chi connectivity index (χ1n) is 11.3. The monoisotopic (exact) mass is 697 g/mol. The number of allylic oxidation sites excluding steroid dienone is 1. The first-order valence-corrected chi connectivity index (χ1v) is 13.9. The Morgan fingerprint density at radius 1 is 0.953 bits per heavy atom. The second kappa shape index (κ2) is 13.1. The molecule has 2 aromatic rings. The van der Waals surface area contributed by atoms with Gasteiger partial charge in [-0.1, -0.05) is 29.3 Å². The summed E-state index contributed by atoms with van der Waals surface area (Å²) < 4.78 is 184. The molecule has 240 valence electrons. The number of carbonyl (C=O) groups is 1. The molecule has 1 amide bonds. The van der Waals surface area contributed by atoms with Crippen molar-refractivity contribution in [3.63, 3.8) is 0 Å². The third-order valence-corrected chi connectivity index (χ3v) is 7.86. The molecule has 0 saturated heterocycles. The van der Waals surface area contributed by atoms with Crippen LogP contribution in [0.15, 0.2) is 36.4 Å². The van der Waals surface area contributed by atoms with E-state index in [4.69, 9.17) is 23.2 Å². The van der Waals surface area contributed by atoms with E-state index in [9.17, 15) is 65.9 Å². The van der Waals surface area contributed by atoms with Gasteiger partial charge in [0, 0.05) is 11.6 Å². The van der Waals surface area contributed by atoms with Crippen molar-refractivity contribution < 1.29 is 65.9 Å². The summed E-state index contributed by atoms with van der Waals surface area (Å²) in [6, 6.07) is 0.0436. The molecule has 0 radical (unpaired) electrons. The van der Waals surface area contributed by atoms with Crippen LogP contribution in [0.5, 0.6) is 0 Å². The molecule has 0 heterocycles. The topological polar surface area (TPSA) is 63.2 Å². The summed E-state index contributed by atoms with van der Waals surface area (Å²) in [5.41, 5.74) is -6.18. The average molecular weight is 698 g/mol. The lowest BCUT2D eigenvalue weighted by Gasteiger charge is -2.20. The maximum atomic E-state index is 15.0. The zero-order valence-electron chi connectivity index (χ0n) is 21.0. The molecule has 2 aromatic carbocycles. The third-order valence-electron chi connectivity index (χ3n) is 5.45. The van der Waals surface area contributed by atoms with Crippen LogP contribution in [0.2, 0.25) is 10.0 Å². The largest absolute Gasteiger partial charge is 0.417 e. The van der Waals surface area contributed by atoms with Gasteiger partial charge in [-0.25, -0.2) is 21.6 Å². The number of amides is 1. The lowest BCUT2D eigenvalue weighted by molar-refractivity contribution is -0.140. The van der Waals surface area contributed by atoms with Gasteiger partial charge in [0.05, 0.1) is 32.5 Å². The van der Waals surface area contributed by atoms with E-state index >= 15 is 0 Å². The number of alkyl halides is 11. The quantitative estimate of drug-likeness (QED) is 0.267. The van der Waals surface area contributed by atoms with Gasteiger partial charge in [-0.3, -0.25) is 4.79 Å². The van der Waals surface area contributed by atoms with Crippen molar-refractivity contribution in [3.05, 3.63) is 74.3 Å². The summed E-state index contributed by atoms with van der Waals surface area (Å²) >= 11 is 11.2. The number of benzene rings is 2. The molecular weight excluding hydrogens is 681 g/mol. The predicted molar refractivity (Wildman–Crippen MR) is 132 cm³/mol. The Labute approximate surface area is 245 Å². The maximum absolute atomic E-state index is 15.0. The fourth-order valence-corrected chi connectivity index (χ4v) is 5.90. The van der Waals surface area contributed by atoms with E-state index in [-0.39, 0.29) is 12.1 Å². The Morgan fingerprint density at radius 2 is 1.49 bits per heavy atom. The standard InChI is InChI=1S/C24H17Cl2F12NO3S/c1-10(8-43(41,42)9-22(30,31)32)39-21(40)13-3-2-11(4-15(13)24(36,37)38)18(27)7-14(23(33,34)35)12-5-16(25)19(20(28)29)17(26)6-12/h2-7,10,14,20H,8-9H2,1H3,(H,39,40)/b18-7-. The van der Waals surface area contributed by atoms with Crippen LogP contribution in [0.3, 0.4) is 0 Å². The van der Waals surface area contributed by atoms with Crippen LogP contribution in [0.4, 0.5) is 52.7 Å². The Morgan fingerprint density at radius 3 is 1.93 bits per heavy atom. The highest BCUT2D eigenvalue weighted by molar-refractivity contribution is 7.91. The fourth-order valence-electron chi connectivity index (χ4n) is 3.77. The highest BCUT2D eigenvalue weighted by Gasteiger charge is 2.41. The molecule has 2 atom stereocenters. The lowest BCUT2D eigenvalue weighted by Crippen LogP contribution is -2.40. The van der Waals surface area contributed by atoms with Crippen LogP contribution < -0.4 is 5.32 Å². The Balaban J connectivity index is 2.49. The van der Waals surface area contributed by atoms with Gasteiger partial charge in [-0.15, -0.1) is 0 Å². The molecule has 2 rings (SSSR count). The van der Waals surface area contributed by atoms with Gasteiger partial charge in [-0.05, 0) is 42.8 Å². The maximum Gasteiger partial charge on any atom is 0.417 e. The number of sulfone groups is 1. The van der Waals surface area contributed by atoms with Crippen molar-refractivity contribution in [1.82, 2.24) is 5.32 Å². The second-order valence-corrected chi connectivity index (χ2v) is 12.0. The van der Waals surface area contributed by atoms with E-state index in [1.165, 1.54) is 0 Å². The van der Waals surface area contributed by atoms with Gasteiger partial charge in [0.2, 0.25) is 0 Å². The summed E-state index contributed by atoms with van der Waals surface area (Å²) in [4.78, 5) is 12.4. The van der Waals surface area contributed by atoms with E-state index in [1.54, 1.807) is 5.32 Å². The van der Waals surface area contributed by atoms with Crippen LogP contribution in [0, 0.1) is 0 Å². The molecule has 0 aliphatic heterocycles. The molecule has 0 aliphatic rings. The molecule has 43 heavy (non-hydrogen) atoms. The van der Waals surface area contributed by atoms with Gasteiger partial charge < -0.3 is 5.32 Å². The van der Waals surface area contributed by atoms with Crippen LogP contribution in [0.25, 0.3) is 5.83 Å². The van der Waals surface area contributed by atoms with Gasteiger partial charge in [0.1, 0.15) is 17.5 Å². The van der Waals surface area contributed by atoms with Crippen LogP contribution in [0.1, 0.15) is 51.9 Å². The SMILES string of the molecule is CC(CS(=O)(=O)CC(F)(F)F)NC(=O)c1ccc(/C(F)=C/C(c2cc(Cl)c(C(F)F)c(Cl)c2)C(F)(F)F)cc1C(F)(F)F. The van der Waals surface area contributed by atoms with Crippen LogP contribution in [-0.2, 0) is 16.0 Å². The molecular formula is C24H17Cl2F12NO3S. The summed E-state index contributed by atoms with van der Waals surface area (Å²) in [6.07, 6.45) is -19.3. The van der Waals surface area contributed by atoms with Crippen LogP contribution >= 0.6 is 23.2 Å². The van der Waals surface area contributed by atoms with E-state index < -0.39 is 108 Å². The zero-order valence-corrected chi connectivity index (χ0v) is 23.4. The molecule has 4 nitrogen and oxygen atoms in total. The van der Waals surface area contributed by atoms with E-state index in [0.717, 1.165) is 6.92 Å². The van der Waals surface area contributed by atoms with E-state index in [2.05, 4.69) is 0 Å². The number of hydrogen-bond acceptors (Lipinski definition) is 3. The third kappa shape index (κ3) is 10.2. The molecule has 0 bridgehead atoms. The number of nitrogens with one attached hydrogen (secondary N) is 1. The Bertz CT molecular complexity index is 1460. The van der Waals surface area contributed by atoms with Crippen molar-refractivity contribution in [2.75, 3.05) is 11.5 Å². The van der Waals surface area contributed by atoms with Gasteiger partial charge in [0.15, 0.2) is 9.84 Å². The molecule has 0 fully saturated rings. The zero-order chi connectivity index (χ0) is 33.3. The molecule has 0 saturated carbocycles. The number of carbonyl (C=O) groups excluding carboxylic acids is 1. The summed E-state index contributed by atoms with van der Waals surface area (Å²) in [5, 5.41) is -0.0108. The van der Waals surface area contributed by atoms with Gasteiger partial charge in [-0.2, -0.15) is 39.5 Å². The molecule has 1 N–H and O–H groups in total. The first kappa shape index (κ1) is 36.5. The van der Waals surface area contributed by atoms with Gasteiger partial charge >= 0.3 is 18.5 Å². The van der Waals surface area contributed by atoms with Crippen molar-refractivity contribution in [1.29, 1.82) is 0 Å². The molecule has 0 spiro atoms. The summed E-state index contributed by atoms with van der Waals surface area (Å²) in [5.74, 6) is -10.0. The predicted octanol–water partition coefficient (Wildman–Crippen LogP) is 8.70. The van der Waals surface area contributed by atoms with Gasteiger partial charge in [0.25, 0.3) is 12.3 Å². The minimum atomic E-state index is -5.43. The van der Waals surface area contributed by atoms with Crippen molar-refractivity contribution in [2.45, 2.75) is 43.8 Å². The molecule has 19 heteroatoms. The minimum absolute atomic E-state index is 0.0287. The smallest absolute Gasteiger partial charge is 0.349 e. The number of hydrogen-bond donors (Lipinski definition) is 1. The summed E-state index contributed by atoms with van der Waals surface area (Å²) in [7, 11) is -4.85. The number of halogens is 14. The second-order valence-electron chi connectivity index (χ2n) is 9.04. The Kier molecular flexibility index (Phi) is 11.2. The molecule has 0 aromatic heterocycles. The fraction of sp³-hybridized carbons (Fsp3) is 0.375. The minimum Gasteiger partial charge on any atom is -0.349 e. The van der Waals surface area contributed by atoms with E-state index in [1.807, 2.05) is 0 Å².